The maximum Gasteiger partial charge on any atom is 0.149 e. The van der Waals surface area contributed by atoms with E-state index in [4.69, 9.17) is 19.9 Å². The normalized spacial score (nSPS) is 13.7. The van der Waals surface area contributed by atoms with E-state index in [1.165, 1.54) is 22.3 Å². The van der Waals surface area contributed by atoms with Crippen LogP contribution in [-0.4, -0.2) is 28.7 Å². The van der Waals surface area contributed by atoms with Crippen molar-refractivity contribution in [2.45, 2.75) is 19.3 Å². The van der Waals surface area contributed by atoms with E-state index in [0.29, 0.717) is 0 Å². The molecule has 0 N–H and O–H groups in total. The van der Waals surface area contributed by atoms with Crippen molar-refractivity contribution in [1.82, 2.24) is 28.7 Å². The molecule has 4 aromatic heterocycles. The van der Waals surface area contributed by atoms with Crippen molar-refractivity contribution >= 4 is 55.2 Å². The number of aromatic nitrogens is 6. The number of para-hydroxylation sites is 6. The molecule has 0 amide bonds. The van der Waals surface area contributed by atoms with Gasteiger partial charge < -0.3 is 0 Å². The summed E-state index contributed by atoms with van der Waals surface area (Å²) in [5, 5.41) is 2.09. The Morgan fingerprint density at radius 3 is 1.31 bits per heavy atom. The molecule has 10 aromatic rings. The smallest absolute Gasteiger partial charge is 0.149 e. The van der Waals surface area contributed by atoms with Gasteiger partial charge >= 0.3 is 0 Å². The number of fused-ring (bicyclic) bond motifs is 13. The summed E-state index contributed by atoms with van der Waals surface area (Å²) >= 11 is 0. The van der Waals surface area contributed by atoms with E-state index < -0.39 is 0 Å². The summed E-state index contributed by atoms with van der Waals surface area (Å²) in [7, 11) is 0. The number of hydrogen-bond acceptors (Lipinski definition) is 4. The minimum Gasteiger partial charge on any atom is -0.276 e. The average molecular weight is 629 g/mol. The second-order valence-corrected chi connectivity index (χ2v) is 13.6. The van der Waals surface area contributed by atoms with E-state index >= 15 is 0 Å². The Kier molecular flexibility index (Phi) is 5.09. The molecule has 230 valence electrons. The fourth-order valence-corrected chi connectivity index (χ4v) is 8.09. The van der Waals surface area contributed by atoms with Crippen LogP contribution in [0.5, 0.6) is 0 Å². The molecular weight excluding hydrogens is 601 g/mol. The van der Waals surface area contributed by atoms with Crippen LogP contribution in [0.15, 0.2) is 133 Å². The predicted molar refractivity (Wildman–Crippen MR) is 198 cm³/mol. The average Bonchev–Trinajstić information content (AvgIpc) is 3.80. The van der Waals surface area contributed by atoms with E-state index in [0.717, 1.165) is 77.9 Å². The molecule has 6 heteroatoms. The van der Waals surface area contributed by atoms with Gasteiger partial charge in [-0.1, -0.05) is 86.6 Å². The SMILES string of the molecule is CC1(C)c2cc(-c3nc4ccccc4c4nc5ccccc5n34)ccc2-c2ccc(-c3nc4ccccc4c4nc5ccccc5n34)cc21. The molecule has 6 aromatic carbocycles. The van der Waals surface area contributed by atoms with E-state index in [1.807, 2.05) is 24.3 Å². The van der Waals surface area contributed by atoms with Gasteiger partial charge in [0.2, 0.25) is 0 Å². The minimum absolute atomic E-state index is 0.253. The lowest BCUT2D eigenvalue weighted by Crippen LogP contribution is -2.15. The minimum atomic E-state index is -0.253. The molecule has 0 spiro atoms. The molecule has 0 saturated heterocycles. The standard InChI is InChI=1S/C43H28N6/c1-43(2)31-23-25(39-44-33-13-5-3-11-29(33)41-46-35-15-7-9-17-37(35)48(39)41)19-21-27(31)28-22-20-26(24-32(28)43)40-45-34-14-6-4-12-30(34)42-47-36-16-8-10-18-38(36)49(40)42/h3-24H,1-2H3. The van der Waals surface area contributed by atoms with Crippen molar-refractivity contribution in [1.29, 1.82) is 0 Å². The Balaban J connectivity index is 1.11. The Bertz CT molecular complexity index is 2830. The maximum absolute atomic E-state index is 5.25. The second-order valence-electron chi connectivity index (χ2n) is 13.6. The molecule has 0 atom stereocenters. The van der Waals surface area contributed by atoms with Gasteiger partial charge in [-0.3, -0.25) is 8.80 Å². The quantitative estimate of drug-likeness (QED) is 0.191. The van der Waals surface area contributed by atoms with Crippen molar-refractivity contribution < 1.29 is 0 Å². The number of nitrogens with zero attached hydrogens (tertiary/aromatic N) is 6. The zero-order chi connectivity index (χ0) is 32.4. The van der Waals surface area contributed by atoms with Crippen LogP contribution in [0.1, 0.15) is 25.0 Å². The molecule has 11 rings (SSSR count). The van der Waals surface area contributed by atoms with E-state index in [-0.39, 0.29) is 5.41 Å². The second kappa shape index (κ2) is 9.36. The highest BCUT2D eigenvalue weighted by Gasteiger charge is 2.36. The van der Waals surface area contributed by atoms with Gasteiger partial charge in [0, 0.05) is 27.3 Å². The zero-order valence-corrected chi connectivity index (χ0v) is 26.9. The molecule has 1 aliphatic carbocycles. The van der Waals surface area contributed by atoms with Gasteiger partial charge in [-0.15, -0.1) is 0 Å². The van der Waals surface area contributed by atoms with Crippen molar-refractivity contribution in [2.75, 3.05) is 0 Å². The third-order valence-electron chi connectivity index (χ3n) is 10.5. The van der Waals surface area contributed by atoms with Crippen LogP contribution in [0.4, 0.5) is 0 Å². The third kappa shape index (κ3) is 3.55. The van der Waals surface area contributed by atoms with Gasteiger partial charge in [0.05, 0.1) is 33.1 Å². The number of hydrogen-bond donors (Lipinski definition) is 0. The summed E-state index contributed by atoms with van der Waals surface area (Å²) in [6, 6.07) is 46.9. The van der Waals surface area contributed by atoms with Gasteiger partial charge in [-0.05, 0) is 82.9 Å². The lowest BCUT2D eigenvalue weighted by atomic mass is 9.81. The Hall–Kier alpha value is -6.40. The highest BCUT2D eigenvalue weighted by molar-refractivity contribution is 6.00. The summed E-state index contributed by atoms with van der Waals surface area (Å²) in [6.07, 6.45) is 0. The Morgan fingerprint density at radius 2 is 0.837 bits per heavy atom. The van der Waals surface area contributed by atoms with Crippen LogP contribution in [0.2, 0.25) is 0 Å². The van der Waals surface area contributed by atoms with E-state index in [1.54, 1.807) is 0 Å². The third-order valence-corrected chi connectivity index (χ3v) is 10.5. The molecule has 0 bridgehead atoms. The van der Waals surface area contributed by atoms with Gasteiger partial charge in [-0.2, -0.15) is 0 Å². The lowest BCUT2D eigenvalue weighted by Gasteiger charge is -2.23. The molecule has 6 nitrogen and oxygen atoms in total. The van der Waals surface area contributed by atoms with Crippen molar-refractivity contribution in [2.24, 2.45) is 0 Å². The monoisotopic (exact) mass is 628 g/mol. The fraction of sp³-hybridized carbons (Fsp3) is 0.0698. The molecule has 4 heterocycles. The summed E-state index contributed by atoms with van der Waals surface area (Å²) < 4.78 is 4.44. The van der Waals surface area contributed by atoms with E-state index in [2.05, 4.69) is 132 Å². The van der Waals surface area contributed by atoms with Crippen LogP contribution in [-0.2, 0) is 5.41 Å². The Labute approximate surface area is 281 Å². The lowest BCUT2D eigenvalue weighted by molar-refractivity contribution is 0.660. The Morgan fingerprint density at radius 1 is 0.429 bits per heavy atom. The first kappa shape index (κ1) is 26.6. The van der Waals surface area contributed by atoms with Gasteiger partial charge in [0.25, 0.3) is 0 Å². The summed E-state index contributed by atoms with van der Waals surface area (Å²) in [5.74, 6) is 1.79. The van der Waals surface area contributed by atoms with Gasteiger partial charge in [-0.25, -0.2) is 19.9 Å². The number of rotatable bonds is 2. The van der Waals surface area contributed by atoms with Crippen molar-refractivity contribution in [3.8, 4) is 33.9 Å². The zero-order valence-electron chi connectivity index (χ0n) is 26.9. The molecule has 0 unspecified atom stereocenters. The van der Waals surface area contributed by atoms with Crippen LogP contribution < -0.4 is 0 Å². The maximum atomic E-state index is 5.25. The molecule has 1 aliphatic rings. The molecule has 0 aliphatic heterocycles. The van der Waals surface area contributed by atoms with Crippen molar-refractivity contribution in [3.05, 3.63) is 145 Å². The summed E-state index contributed by atoms with van der Waals surface area (Å²) in [6.45, 7) is 4.66. The van der Waals surface area contributed by atoms with Gasteiger partial charge in [0.15, 0.2) is 0 Å². The van der Waals surface area contributed by atoms with Crippen LogP contribution in [0.25, 0.3) is 89.1 Å². The highest BCUT2D eigenvalue weighted by Crippen LogP contribution is 2.51. The van der Waals surface area contributed by atoms with E-state index in [9.17, 15) is 0 Å². The highest BCUT2D eigenvalue weighted by atomic mass is 15.1. The van der Waals surface area contributed by atoms with Crippen LogP contribution in [0, 0.1) is 0 Å². The van der Waals surface area contributed by atoms with Crippen LogP contribution >= 0.6 is 0 Å². The fourth-order valence-electron chi connectivity index (χ4n) is 8.09. The summed E-state index contributed by atoms with van der Waals surface area (Å²) in [5.41, 5.74) is 14.7. The predicted octanol–water partition coefficient (Wildman–Crippen LogP) is 10.0. The topological polar surface area (TPSA) is 60.4 Å². The van der Waals surface area contributed by atoms with Crippen molar-refractivity contribution in [3.63, 3.8) is 0 Å². The largest absolute Gasteiger partial charge is 0.276 e. The molecule has 49 heavy (non-hydrogen) atoms. The first-order valence-electron chi connectivity index (χ1n) is 16.7. The first-order chi connectivity index (χ1) is 24.0. The molecule has 0 fully saturated rings. The molecular formula is C43H28N6. The molecule has 0 radical (unpaired) electrons. The number of imidazole rings is 2. The van der Waals surface area contributed by atoms with Gasteiger partial charge in [0.1, 0.15) is 22.9 Å². The first-order valence-corrected chi connectivity index (χ1v) is 16.7. The molecule has 0 saturated carbocycles. The van der Waals surface area contributed by atoms with Crippen LogP contribution in [0.3, 0.4) is 0 Å². The summed E-state index contributed by atoms with van der Waals surface area (Å²) in [4.78, 5) is 20.6. The number of benzene rings is 6.